The number of carboxylic acids is 1. The van der Waals surface area contributed by atoms with E-state index in [1.165, 1.54) is 19.1 Å². The Morgan fingerprint density at radius 1 is 1.21 bits per heavy atom. The maximum absolute atomic E-state index is 12.5. The van der Waals surface area contributed by atoms with Crippen molar-refractivity contribution >= 4 is 17.7 Å². The minimum absolute atomic E-state index is 0.0938. The van der Waals surface area contributed by atoms with Gasteiger partial charge in [0.15, 0.2) is 5.78 Å². The molecule has 0 bridgehead atoms. The Morgan fingerprint density at radius 3 is 2.17 bits per heavy atom. The molecule has 1 amide bonds. The fourth-order valence-electron chi connectivity index (χ4n) is 3.16. The summed E-state index contributed by atoms with van der Waals surface area (Å²) < 4.78 is 5.58. The summed E-state index contributed by atoms with van der Waals surface area (Å²) in [4.78, 5) is 35.6. The highest BCUT2D eigenvalue weighted by Gasteiger charge is 2.66. The summed E-state index contributed by atoms with van der Waals surface area (Å²) in [7, 11) is 0. The van der Waals surface area contributed by atoms with Crippen molar-refractivity contribution in [3.63, 3.8) is 0 Å². The van der Waals surface area contributed by atoms with Gasteiger partial charge in [0.05, 0.1) is 6.10 Å². The Hall–Kier alpha value is -2.21. The summed E-state index contributed by atoms with van der Waals surface area (Å²) in [6.45, 7) is 7.35. The first-order valence-corrected chi connectivity index (χ1v) is 7.94. The van der Waals surface area contributed by atoms with Crippen LogP contribution in [0.5, 0.6) is 0 Å². The number of aliphatic carboxylic acids is 1. The third-order valence-electron chi connectivity index (χ3n) is 5.01. The maximum Gasteiger partial charge on any atom is 0.330 e. The molecule has 0 aromatic heterocycles. The number of benzene rings is 1. The van der Waals surface area contributed by atoms with Crippen molar-refractivity contribution in [3.8, 4) is 0 Å². The van der Waals surface area contributed by atoms with E-state index in [0.717, 1.165) is 0 Å². The van der Waals surface area contributed by atoms with Gasteiger partial charge in [-0.3, -0.25) is 9.59 Å². The predicted molar refractivity (Wildman–Crippen MR) is 88.1 cm³/mol. The number of Topliss-reactive ketones (excluding diaryl/α,β-unsaturated/α-hetero) is 1. The summed E-state index contributed by atoms with van der Waals surface area (Å²) in [6, 6.07) is 6.15. The van der Waals surface area contributed by atoms with Crippen molar-refractivity contribution in [3.05, 3.63) is 35.4 Å². The zero-order valence-electron chi connectivity index (χ0n) is 14.4. The number of carboxylic acid groups (broad SMARTS) is 1. The highest BCUT2D eigenvalue weighted by Crippen LogP contribution is 2.51. The van der Waals surface area contributed by atoms with Gasteiger partial charge < -0.3 is 15.2 Å². The van der Waals surface area contributed by atoms with E-state index in [9.17, 15) is 19.5 Å². The van der Waals surface area contributed by atoms with E-state index in [1.807, 2.05) is 6.92 Å². The van der Waals surface area contributed by atoms with Gasteiger partial charge in [-0.25, -0.2) is 4.79 Å². The molecule has 1 aliphatic carbocycles. The van der Waals surface area contributed by atoms with Crippen LogP contribution in [0.1, 0.15) is 54.8 Å². The molecule has 2 rings (SSSR count). The van der Waals surface area contributed by atoms with E-state index >= 15 is 0 Å². The average molecular weight is 333 g/mol. The van der Waals surface area contributed by atoms with E-state index < -0.39 is 22.8 Å². The van der Waals surface area contributed by atoms with Gasteiger partial charge in [-0.05, 0) is 26.0 Å². The quantitative estimate of drug-likeness (QED) is 0.779. The molecular weight excluding hydrogens is 310 g/mol. The summed E-state index contributed by atoms with van der Waals surface area (Å²) >= 11 is 0. The van der Waals surface area contributed by atoms with Crippen LogP contribution in [-0.2, 0) is 9.53 Å². The van der Waals surface area contributed by atoms with Crippen LogP contribution in [0.3, 0.4) is 0 Å². The monoisotopic (exact) mass is 333 g/mol. The van der Waals surface area contributed by atoms with Gasteiger partial charge in [0.25, 0.3) is 5.91 Å². The van der Waals surface area contributed by atoms with Crippen molar-refractivity contribution in [1.82, 2.24) is 5.32 Å². The number of carbonyl (C=O) groups excluding carboxylic acids is 2. The molecule has 2 N–H and O–H groups in total. The molecule has 0 unspecified atom stereocenters. The summed E-state index contributed by atoms with van der Waals surface area (Å²) in [6.07, 6.45) is -0.000497. The molecule has 1 aromatic rings. The molecule has 6 nitrogen and oxygen atoms in total. The number of hydrogen-bond donors (Lipinski definition) is 2. The van der Waals surface area contributed by atoms with Crippen molar-refractivity contribution in [2.45, 2.75) is 45.8 Å². The summed E-state index contributed by atoms with van der Waals surface area (Å²) in [5.41, 5.74) is -1.29. The molecular formula is C18H23NO5. The van der Waals surface area contributed by atoms with Gasteiger partial charge in [-0.2, -0.15) is 0 Å². The first kappa shape index (κ1) is 18.1. The Labute approximate surface area is 141 Å². The molecule has 1 aromatic carbocycles. The van der Waals surface area contributed by atoms with E-state index in [4.69, 9.17) is 4.74 Å². The van der Waals surface area contributed by atoms with Crippen LogP contribution in [0.15, 0.2) is 24.3 Å². The van der Waals surface area contributed by atoms with Crippen LogP contribution in [0.25, 0.3) is 0 Å². The zero-order chi connectivity index (χ0) is 18.1. The Bertz CT molecular complexity index is 664. The Kier molecular flexibility index (Phi) is 4.80. The Morgan fingerprint density at radius 2 is 1.75 bits per heavy atom. The molecule has 1 saturated carbocycles. The van der Waals surface area contributed by atoms with Crippen molar-refractivity contribution in [1.29, 1.82) is 0 Å². The molecule has 1 aliphatic rings. The van der Waals surface area contributed by atoms with Gasteiger partial charge >= 0.3 is 5.97 Å². The number of rotatable bonds is 6. The molecule has 0 saturated heterocycles. The van der Waals surface area contributed by atoms with Crippen LogP contribution in [-0.4, -0.2) is 41.0 Å². The maximum atomic E-state index is 12.5. The number of carbonyl (C=O) groups is 3. The molecule has 0 aliphatic heterocycles. The molecule has 130 valence electrons. The second kappa shape index (κ2) is 6.36. The van der Waals surface area contributed by atoms with Gasteiger partial charge in [0.1, 0.15) is 5.54 Å². The molecule has 24 heavy (non-hydrogen) atoms. The van der Waals surface area contributed by atoms with Gasteiger partial charge in [0.2, 0.25) is 0 Å². The van der Waals surface area contributed by atoms with E-state index in [1.54, 1.807) is 26.0 Å². The van der Waals surface area contributed by atoms with E-state index in [-0.39, 0.29) is 18.3 Å². The van der Waals surface area contributed by atoms with Crippen LogP contribution in [0, 0.1) is 5.41 Å². The highest BCUT2D eigenvalue weighted by atomic mass is 16.5. The standard InChI is InChI=1S/C18H23NO5/c1-5-24-14-10-18(16(22)23,17(14,3)4)19-15(21)13-8-6-12(7-9-13)11(2)20/h6-9,14H,5,10H2,1-4H3,(H,19,21)(H,22,23)/t14-,18-/m1/s1. The Balaban J connectivity index is 2.21. The second-order valence-corrected chi connectivity index (χ2v) is 6.67. The number of amides is 1. The van der Waals surface area contributed by atoms with Crippen molar-refractivity contribution in [2.75, 3.05) is 6.61 Å². The van der Waals surface area contributed by atoms with Gasteiger partial charge in [-0.1, -0.05) is 26.0 Å². The van der Waals surface area contributed by atoms with Crippen LogP contribution in [0.4, 0.5) is 0 Å². The van der Waals surface area contributed by atoms with Crippen LogP contribution in [0.2, 0.25) is 0 Å². The van der Waals surface area contributed by atoms with Gasteiger partial charge in [-0.15, -0.1) is 0 Å². The third kappa shape index (κ3) is 2.82. The minimum Gasteiger partial charge on any atom is -0.479 e. The van der Waals surface area contributed by atoms with Crippen LogP contribution < -0.4 is 5.32 Å². The molecule has 1 fully saturated rings. The summed E-state index contributed by atoms with van der Waals surface area (Å²) in [5.74, 6) is -1.64. The third-order valence-corrected chi connectivity index (χ3v) is 5.01. The SMILES string of the molecule is CCO[C@@H]1C[C@@](NC(=O)c2ccc(C(C)=O)cc2)(C(=O)O)C1(C)C. The number of ether oxygens (including phenoxy) is 1. The zero-order valence-corrected chi connectivity index (χ0v) is 14.4. The smallest absolute Gasteiger partial charge is 0.330 e. The number of nitrogens with one attached hydrogen (secondary N) is 1. The lowest BCUT2D eigenvalue weighted by Gasteiger charge is -2.58. The predicted octanol–water partition coefficient (Wildman–Crippen LogP) is 2.28. The fraction of sp³-hybridized carbons (Fsp3) is 0.500. The highest BCUT2D eigenvalue weighted by molar-refractivity contribution is 6.00. The lowest BCUT2D eigenvalue weighted by molar-refractivity contribution is -0.190. The largest absolute Gasteiger partial charge is 0.479 e. The fourth-order valence-corrected chi connectivity index (χ4v) is 3.16. The molecule has 0 heterocycles. The van der Waals surface area contributed by atoms with Crippen molar-refractivity contribution in [2.24, 2.45) is 5.41 Å². The van der Waals surface area contributed by atoms with Crippen molar-refractivity contribution < 1.29 is 24.2 Å². The van der Waals surface area contributed by atoms with E-state index in [0.29, 0.717) is 17.7 Å². The molecule has 6 heteroatoms. The molecule has 0 spiro atoms. The number of ketones is 1. The summed E-state index contributed by atoms with van der Waals surface area (Å²) in [5, 5.41) is 12.4. The molecule has 0 radical (unpaired) electrons. The molecule has 2 atom stereocenters. The first-order chi connectivity index (χ1) is 11.2. The topological polar surface area (TPSA) is 92.7 Å². The normalized spacial score (nSPS) is 24.8. The number of hydrogen-bond acceptors (Lipinski definition) is 4. The minimum atomic E-state index is -1.37. The van der Waals surface area contributed by atoms with Gasteiger partial charge in [0, 0.05) is 29.6 Å². The lowest BCUT2D eigenvalue weighted by Crippen LogP contribution is -2.76. The van der Waals surface area contributed by atoms with Crippen LogP contribution >= 0.6 is 0 Å². The average Bonchev–Trinajstić information content (AvgIpc) is 2.53. The van der Waals surface area contributed by atoms with E-state index in [2.05, 4.69) is 5.32 Å². The second-order valence-electron chi connectivity index (χ2n) is 6.67. The lowest BCUT2D eigenvalue weighted by atomic mass is 9.54. The first-order valence-electron chi connectivity index (χ1n) is 7.94.